The van der Waals surface area contributed by atoms with Gasteiger partial charge in [-0.25, -0.2) is 9.78 Å². The summed E-state index contributed by atoms with van der Waals surface area (Å²) in [6.45, 7) is 0.958. The fourth-order valence-electron chi connectivity index (χ4n) is 4.95. The number of rotatable bonds is 8. The molecule has 214 valence electrons. The second kappa shape index (κ2) is 12.0. The van der Waals surface area contributed by atoms with Gasteiger partial charge in [-0.05, 0) is 60.9 Å². The van der Waals surface area contributed by atoms with E-state index in [1.54, 1.807) is 46.6 Å². The number of aromatic carboxylic acids is 1. The number of aromatic nitrogens is 1. The molecule has 1 aliphatic carbocycles. The van der Waals surface area contributed by atoms with Gasteiger partial charge in [0.15, 0.2) is 0 Å². The zero-order valence-corrected chi connectivity index (χ0v) is 24.2. The van der Waals surface area contributed by atoms with Crippen LogP contribution in [-0.4, -0.2) is 52.0 Å². The van der Waals surface area contributed by atoms with Gasteiger partial charge < -0.3 is 20.1 Å². The Hall–Kier alpha value is -4.21. The van der Waals surface area contributed by atoms with Crippen LogP contribution in [-0.2, 0) is 0 Å². The molecule has 6 rings (SSSR count). The van der Waals surface area contributed by atoms with Gasteiger partial charge in [0, 0.05) is 37.5 Å². The summed E-state index contributed by atoms with van der Waals surface area (Å²) in [4.78, 5) is 45.2. The summed E-state index contributed by atoms with van der Waals surface area (Å²) in [5.41, 5.74) is 2.32. The van der Waals surface area contributed by atoms with Crippen molar-refractivity contribution in [3.8, 4) is 16.2 Å². The van der Waals surface area contributed by atoms with Crippen molar-refractivity contribution in [2.45, 2.75) is 37.7 Å². The summed E-state index contributed by atoms with van der Waals surface area (Å²) in [5, 5.41) is 13.3. The fraction of sp³-hybridized carbons (Fsp3) is 0.250. The molecule has 0 unspecified atom stereocenters. The third-order valence-electron chi connectivity index (χ3n) is 7.41. The van der Waals surface area contributed by atoms with E-state index in [4.69, 9.17) is 26.4 Å². The van der Waals surface area contributed by atoms with Crippen LogP contribution in [0, 0.1) is 0 Å². The minimum Gasteiger partial charge on any atom is -0.490 e. The van der Waals surface area contributed by atoms with Crippen LogP contribution >= 0.6 is 22.9 Å². The standard InChI is InChI=1S/C32H28ClN3O5S/c33-26-13-10-22(34-29(37)27-28(19-4-2-1-3-5-19)42-30(35-27)20-6-7-20)18-25(26)31(38)36-16-14-24(15-17-36)41-23-11-8-21(9-12-23)32(39)40/h1-5,8-13,18,20,24H,6-7,14-17H2,(H,34,37)(H,39,40). The lowest BCUT2D eigenvalue weighted by atomic mass is 10.1. The predicted octanol–water partition coefficient (Wildman–Crippen LogP) is 6.98. The topological polar surface area (TPSA) is 109 Å². The Kier molecular flexibility index (Phi) is 7.95. The van der Waals surface area contributed by atoms with Crippen molar-refractivity contribution in [1.29, 1.82) is 0 Å². The molecule has 2 fully saturated rings. The lowest BCUT2D eigenvalue weighted by molar-refractivity contribution is 0.0595. The highest BCUT2D eigenvalue weighted by atomic mass is 35.5. The van der Waals surface area contributed by atoms with Crippen LogP contribution in [0.15, 0.2) is 72.8 Å². The van der Waals surface area contributed by atoms with Gasteiger partial charge in [-0.15, -0.1) is 11.3 Å². The molecule has 0 atom stereocenters. The van der Waals surface area contributed by atoms with Crippen LogP contribution in [0.3, 0.4) is 0 Å². The largest absolute Gasteiger partial charge is 0.490 e. The van der Waals surface area contributed by atoms with E-state index in [0.717, 1.165) is 28.3 Å². The lowest BCUT2D eigenvalue weighted by Gasteiger charge is -2.32. The first-order chi connectivity index (χ1) is 20.4. The molecule has 8 nitrogen and oxygen atoms in total. The number of anilines is 1. The summed E-state index contributed by atoms with van der Waals surface area (Å²) < 4.78 is 6.00. The number of benzene rings is 3. The first kappa shape index (κ1) is 27.9. The molecule has 0 bridgehead atoms. The quantitative estimate of drug-likeness (QED) is 0.226. The molecule has 10 heteroatoms. The van der Waals surface area contributed by atoms with Crippen molar-refractivity contribution in [3.63, 3.8) is 0 Å². The first-order valence-corrected chi connectivity index (χ1v) is 15.0. The Morgan fingerprint density at radius 2 is 1.67 bits per heavy atom. The van der Waals surface area contributed by atoms with Gasteiger partial charge in [-0.1, -0.05) is 41.9 Å². The normalized spacial score (nSPS) is 15.3. The van der Waals surface area contributed by atoms with Crippen LogP contribution in [0.4, 0.5) is 5.69 Å². The number of hydrogen-bond donors (Lipinski definition) is 2. The zero-order chi connectivity index (χ0) is 29.2. The number of amides is 2. The van der Waals surface area contributed by atoms with Gasteiger partial charge in [0.2, 0.25) is 0 Å². The molecule has 2 heterocycles. The van der Waals surface area contributed by atoms with E-state index in [-0.39, 0.29) is 23.5 Å². The van der Waals surface area contributed by atoms with Crippen molar-refractivity contribution in [1.82, 2.24) is 9.88 Å². The number of halogens is 1. The van der Waals surface area contributed by atoms with E-state index in [1.807, 2.05) is 30.3 Å². The third kappa shape index (κ3) is 6.17. The highest BCUT2D eigenvalue weighted by Gasteiger charge is 2.31. The SMILES string of the molecule is O=C(O)c1ccc(OC2CCN(C(=O)c3cc(NC(=O)c4nc(C5CC5)sc4-c4ccccc4)ccc3Cl)CC2)cc1. The molecule has 1 saturated carbocycles. The molecule has 3 aromatic carbocycles. The Labute approximate surface area is 251 Å². The minimum absolute atomic E-state index is 0.0942. The molecule has 2 N–H and O–H groups in total. The van der Waals surface area contributed by atoms with Gasteiger partial charge in [-0.2, -0.15) is 0 Å². The van der Waals surface area contributed by atoms with Crippen molar-refractivity contribution in [2.75, 3.05) is 18.4 Å². The Morgan fingerprint density at radius 3 is 2.33 bits per heavy atom. The van der Waals surface area contributed by atoms with E-state index in [1.165, 1.54) is 12.1 Å². The Bertz CT molecular complexity index is 1630. The molecule has 2 amide bonds. The second-order valence-electron chi connectivity index (χ2n) is 10.5. The number of hydrogen-bond acceptors (Lipinski definition) is 6. The molecule has 4 aromatic rings. The predicted molar refractivity (Wildman–Crippen MR) is 162 cm³/mol. The monoisotopic (exact) mass is 601 g/mol. The van der Waals surface area contributed by atoms with Gasteiger partial charge >= 0.3 is 5.97 Å². The fourth-order valence-corrected chi connectivity index (χ4v) is 6.39. The minimum atomic E-state index is -0.988. The van der Waals surface area contributed by atoms with Gasteiger partial charge in [0.25, 0.3) is 11.8 Å². The maximum Gasteiger partial charge on any atom is 0.335 e. The van der Waals surface area contributed by atoms with Crippen LogP contribution < -0.4 is 10.1 Å². The second-order valence-corrected chi connectivity index (χ2v) is 11.9. The van der Waals surface area contributed by atoms with Crippen molar-refractivity contribution < 1.29 is 24.2 Å². The summed E-state index contributed by atoms with van der Waals surface area (Å²) >= 11 is 8.01. The lowest BCUT2D eigenvalue weighted by Crippen LogP contribution is -2.41. The summed E-state index contributed by atoms with van der Waals surface area (Å²) in [7, 11) is 0. The number of carbonyl (C=O) groups is 3. The summed E-state index contributed by atoms with van der Waals surface area (Å²) in [5.74, 6) is -0.512. The molecular weight excluding hydrogens is 574 g/mol. The summed E-state index contributed by atoms with van der Waals surface area (Å²) in [6, 6.07) is 21.0. The number of nitrogens with zero attached hydrogens (tertiary/aromatic N) is 2. The maximum atomic E-state index is 13.4. The van der Waals surface area contributed by atoms with E-state index in [2.05, 4.69) is 5.32 Å². The molecular formula is C32H28ClN3O5S. The number of thiazole rings is 1. The molecule has 0 radical (unpaired) electrons. The summed E-state index contributed by atoms with van der Waals surface area (Å²) in [6.07, 6.45) is 3.33. The molecule has 2 aliphatic rings. The number of ether oxygens (including phenoxy) is 1. The van der Waals surface area contributed by atoms with Crippen LogP contribution in [0.25, 0.3) is 10.4 Å². The number of carbonyl (C=O) groups excluding carboxylic acids is 2. The maximum absolute atomic E-state index is 13.4. The number of nitrogens with one attached hydrogen (secondary N) is 1. The smallest absolute Gasteiger partial charge is 0.335 e. The number of carboxylic acids is 1. The Balaban J connectivity index is 1.12. The van der Waals surface area contributed by atoms with Crippen LogP contribution in [0.5, 0.6) is 5.75 Å². The Morgan fingerprint density at radius 1 is 0.952 bits per heavy atom. The van der Waals surface area contributed by atoms with E-state index < -0.39 is 5.97 Å². The van der Waals surface area contributed by atoms with Crippen molar-refractivity contribution >= 4 is 46.4 Å². The third-order valence-corrected chi connectivity index (χ3v) is 9.01. The molecule has 0 spiro atoms. The van der Waals surface area contributed by atoms with Crippen molar-refractivity contribution in [2.24, 2.45) is 0 Å². The van der Waals surface area contributed by atoms with E-state index in [0.29, 0.717) is 59.6 Å². The number of piperidine rings is 1. The molecule has 1 aromatic heterocycles. The highest BCUT2D eigenvalue weighted by Crippen LogP contribution is 2.45. The van der Waals surface area contributed by atoms with Crippen LogP contribution in [0.1, 0.15) is 67.8 Å². The highest BCUT2D eigenvalue weighted by molar-refractivity contribution is 7.15. The van der Waals surface area contributed by atoms with E-state index >= 15 is 0 Å². The van der Waals surface area contributed by atoms with Crippen LogP contribution in [0.2, 0.25) is 5.02 Å². The van der Waals surface area contributed by atoms with Gasteiger partial charge in [-0.3, -0.25) is 9.59 Å². The van der Waals surface area contributed by atoms with Gasteiger partial charge in [0.1, 0.15) is 17.5 Å². The first-order valence-electron chi connectivity index (χ1n) is 13.8. The molecule has 1 saturated heterocycles. The average Bonchev–Trinajstić information content (AvgIpc) is 3.76. The average molecular weight is 602 g/mol. The van der Waals surface area contributed by atoms with Crippen molar-refractivity contribution in [3.05, 3.63) is 99.6 Å². The zero-order valence-electron chi connectivity index (χ0n) is 22.6. The number of carboxylic acid groups (broad SMARTS) is 1. The number of likely N-dealkylation sites (tertiary alicyclic amines) is 1. The molecule has 1 aliphatic heterocycles. The van der Waals surface area contributed by atoms with Gasteiger partial charge in [0.05, 0.1) is 26.0 Å². The molecule has 42 heavy (non-hydrogen) atoms. The van der Waals surface area contributed by atoms with E-state index in [9.17, 15) is 14.4 Å².